The van der Waals surface area contributed by atoms with E-state index in [1.807, 2.05) is 18.2 Å². The average molecular weight is 395 g/mol. The van der Waals surface area contributed by atoms with E-state index in [4.69, 9.17) is 4.74 Å². The van der Waals surface area contributed by atoms with Gasteiger partial charge in [-0.05, 0) is 30.3 Å². The predicted octanol–water partition coefficient (Wildman–Crippen LogP) is 4.30. The first-order valence-corrected chi connectivity index (χ1v) is 9.37. The highest BCUT2D eigenvalue weighted by molar-refractivity contribution is 8.00. The van der Waals surface area contributed by atoms with Crippen LogP contribution >= 0.6 is 11.8 Å². The first-order chi connectivity index (χ1) is 13.6. The molecule has 0 aliphatic carbocycles. The van der Waals surface area contributed by atoms with Crippen molar-refractivity contribution in [3.05, 3.63) is 88.7 Å². The van der Waals surface area contributed by atoms with E-state index in [1.54, 1.807) is 42.7 Å². The molecule has 0 aliphatic heterocycles. The summed E-state index contributed by atoms with van der Waals surface area (Å²) in [5, 5.41) is 13.5. The summed E-state index contributed by atoms with van der Waals surface area (Å²) in [7, 11) is 0. The van der Waals surface area contributed by atoms with Gasteiger partial charge in [0, 0.05) is 46.7 Å². The van der Waals surface area contributed by atoms with Crippen molar-refractivity contribution in [1.82, 2.24) is 4.98 Å². The zero-order valence-electron chi connectivity index (χ0n) is 14.8. The Kier molecular flexibility index (Phi) is 6.59. The van der Waals surface area contributed by atoms with Crippen LogP contribution < -0.4 is 10.1 Å². The molecule has 1 aromatic heterocycles. The van der Waals surface area contributed by atoms with Crippen LogP contribution in [0.2, 0.25) is 0 Å². The van der Waals surface area contributed by atoms with Gasteiger partial charge in [-0.15, -0.1) is 11.8 Å². The van der Waals surface area contributed by atoms with Gasteiger partial charge in [-0.1, -0.05) is 12.1 Å². The number of carbonyl (C=O) groups excluding carboxylic acids is 1. The molecule has 1 N–H and O–H groups in total. The summed E-state index contributed by atoms with van der Waals surface area (Å²) < 4.78 is 5.72. The molecule has 0 aliphatic rings. The monoisotopic (exact) mass is 395 g/mol. The summed E-state index contributed by atoms with van der Waals surface area (Å²) >= 11 is 1.31. The van der Waals surface area contributed by atoms with Crippen LogP contribution in [0, 0.1) is 10.1 Å². The van der Waals surface area contributed by atoms with Crippen molar-refractivity contribution in [2.45, 2.75) is 11.5 Å². The minimum absolute atomic E-state index is 0.0249. The molecule has 0 bridgehead atoms. The standard InChI is InChI=1S/C20H17N3O4S/c24-20(14-28-19-8-6-17(7-9-19)23(25)26)22-16-4-1-5-18(11-16)27-13-15-3-2-10-21-12-15/h1-12H,13-14H2,(H,22,24). The Morgan fingerprint density at radius 1 is 1.14 bits per heavy atom. The van der Waals surface area contributed by atoms with E-state index in [0.717, 1.165) is 10.5 Å². The Hall–Kier alpha value is -3.39. The summed E-state index contributed by atoms with van der Waals surface area (Å²) in [6.07, 6.45) is 3.44. The van der Waals surface area contributed by atoms with E-state index in [-0.39, 0.29) is 17.3 Å². The van der Waals surface area contributed by atoms with Crippen LogP contribution in [0.3, 0.4) is 0 Å². The molecule has 2 aromatic carbocycles. The van der Waals surface area contributed by atoms with Gasteiger partial charge in [0.05, 0.1) is 10.7 Å². The number of nitro benzene ring substituents is 1. The van der Waals surface area contributed by atoms with Gasteiger partial charge in [0.2, 0.25) is 5.91 Å². The Balaban J connectivity index is 1.50. The van der Waals surface area contributed by atoms with Crippen LogP contribution in [0.5, 0.6) is 5.75 Å². The smallest absolute Gasteiger partial charge is 0.269 e. The number of anilines is 1. The molecule has 1 heterocycles. The highest BCUT2D eigenvalue weighted by atomic mass is 32.2. The number of nitrogens with one attached hydrogen (secondary N) is 1. The number of ether oxygens (including phenoxy) is 1. The van der Waals surface area contributed by atoms with Gasteiger partial charge in [0.15, 0.2) is 0 Å². The maximum Gasteiger partial charge on any atom is 0.269 e. The molecule has 0 atom stereocenters. The van der Waals surface area contributed by atoms with Crippen LogP contribution in [0.1, 0.15) is 5.56 Å². The van der Waals surface area contributed by atoms with Gasteiger partial charge < -0.3 is 10.1 Å². The molecule has 8 heteroatoms. The van der Waals surface area contributed by atoms with E-state index in [0.29, 0.717) is 18.0 Å². The summed E-state index contributed by atoms with van der Waals surface area (Å²) in [4.78, 5) is 27.2. The molecular formula is C20H17N3O4S. The normalized spacial score (nSPS) is 10.3. The Labute approximate surface area is 165 Å². The summed E-state index contributed by atoms with van der Waals surface area (Å²) in [6.45, 7) is 0.390. The quantitative estimate of drug-likeness (QED) is 0.347. The van der Waals surface area contributed by atoms with Gasteiger partial charge in [-0.3, -0.25) is 19.9 Å². The largest absolute Gasteiger partial charge is 0.489 e. The van der Waals surface area contributed by atoms with Crippen LogP contribution in [0.15, 0.2) is 78.0 Å². The zero-order valence-corrected chi connectivity index (χ0v) is 15.6. The lowest BCUT2D eigenvalue weighted by molar-refractivity contribution is -0.384. The van der Waals surface area contributed by atoms with E-state index >= 15 is 0 Å². The second-order valence-electron chi connectivity index (χ2n) is 5.77. The van der Waals surface area contributed by atoms with E-state index < -0.39 is 4.92 Å². The average Bonchev–Trinajstić information content (AvgIpc) is 2.72. The lowest BCUT2D eigenvalue weighted by Crippen LogP contribution is -2.14. The highest BCUT2D eigenvalue weighted by Gasteiger charge is 2.07. The molecular weight excluding hydrogens is 378 g/mol. The predicted molar refractivity (Wildman–Crippen MR) is 107 cm³/mol. The maximum absolute atomic E-state index is 12.2. The Morgan fingerprint density at radius 2 is 1.96 bits per heavy atom. The highest BCUT2D eigenvalue weighted by Crippen LogP contribution is 2.22. The lowest BCUT2D eigenvalue weighted by Gasteiger charge is -2.09. The summed E-state index contributed by atoms with van der Waals surface area (Å²) in [6, 6.07) is 17.0. The van der Waals surface area contributed by atoms with E-state index in [2.05, 4.69) is 10.3 Å². The van der Waals surface area contributed by atoms with Crippen LogP contribution in [0.4, 0.5) is 11.4 Å². The fraction of sp³-hybridized carbons (Fsp3) is 0.100. The molecule has 3 aromatic rings. The number of benzene rings is 2. The summed E-state index contributed by atoms with van der Waals surface area (Å²) in [5.74, 6) is 0.663. The third kappa shape index (κ3) is 5.82. The molecule has 7 nitrogen and oxygen atoms in total. The summed E-state index contributed by atoms with van der Waals surface area (Å²) in [5.41, 5.74) is 1.62. The van der Waals surface area contributed by atoms with Gasteiger partial charge in [-0.25, -0.2) is 0 Å². The lowest BCUT2D eigenvalue weighted by atomic mass is 10.3. The fourth-order valence-electron chi connectivity index (χ4n) is 2.32. The van der Waals surface area contributed by atoms with Gasteiger partial charge in [-0.2, -0.15) is 0 Å². The van der Waals surface area contributed by atoms with Crippen molar-refractivity contribution >= 4 is 29.0 Å². The van der Waals surface area contributed by atoms with Crippen molar-refractivity contribution in [3.63, 3.8) is 0 Å². The van der Waals surface area contributed by atoms with Crippen LogP contribution in [-0.4, -0.2) is 21.6 Å². The molecule has 0 radical (unpaired) electrons. The third-order valence-electron chi connectivity index (χ3n) is 3.66. The third-order valence-corrected chi connectivity index (χ3v) is 4.68. The molecule has 1 amide bonds. The van der Waals surface area contributed by atoms with Crippen LogP contribution in [0.25, 0.3) is 0 Å². The number of rotatable bonds is 8. The zero-order chi connectivity index (χ0) is 19.8. The number of carbonyl (C=O) groups is 1. The molecule has 3 rings (SSSR count). The van der Waals surface area contributed by atoms with Crippen molar-refractivity contribution in [2.24, 2.45) is 0 Å². The second-order valence-corrected chi connectivity index (χ2v) is 6.81. The molecule has 0 spiro atoms. The second kappa shape index (κ2) is 9.52. The molecule has 28 heavy (non-hydrogen) atoms. The number of aromatic nitrogens is 1. The number of hydrogen-bond donors (Lipinski definition) is 1. The Morgan fingerprint density at radius 3 is 2.68 bits per heavy atom. The SMILES string of the molecule is O=C(CSc1ccc([N+](=O)[O-])cc1)Nc1cccc(OCc2cccnc2)c1. The molecule has 0 fully saturated rings. The first-order valence-electron chi connectivity index (χ1n) is 8.39. The molecule has 0 saturated heterocycles. The van der Waals surface area contributed by atoms with Crippen molar-refractivity contribution in [2.75, 3.05) is 11.1 Å². The van der Waals surface area contributed by atoms with Gasteiger partial charge >= 0.3 is 0 Å². The molecule has 0 saturated carbocycles. The van der Waals surface area contributed by atoms with E-state index in [1.165, 1.54) is 23.9 Å². The number of nitro groups is 1. The number of hydrogen-bond acceptors (Lipinski definition) is 6. The topological polar surface area (TPSA) is 94.4 Å². The first kappa shape index (κ1) is 19.4. The number of nitrogens with zero attached hydrogens (tertiary/aromatic N) is 2. The minimum atomic E-state index is -0.454. The van der Waals surface area contributed by atoms with E-state index in [9.17, 15) is 14.9 Å². The fourth-order valence-corrected chi connectivity index (χ4v) is 3.02. The number of amides is 1. The van der Waals surface area contributed by atoms with Crippen molar-refractivity contribution in [3.8, 4) is 5.75 Å². The maximum atomic E-state index is 12.2. The van der Waals surface area contributed by atoms with Crippen molar-refractivity contribution < 1.29 is 14.5 Å². The number of thioether (sulfide) groups is 1. The van der Waals surface area contributed by atoms with Gasteiger partial charge in [0.25, 0.3) is 5.69 Å². The molecule has 142 valence electrons. The Bertz CT molecular complexity index is 949. The van der Waals surface area contributed by atoms with Crippen LogP contribution in [-0.2, 0) is 11.4 Å². The van der Waals surface area contributed by atoms with Gasteiger partial charge in [0.1, 0.15) is 12.4 Å². The number of pyridine rings is 1. The minimum Gasteiger partial charge on any atom is -0.489 e. The number of non-ortho nitro benzene ring substituents is 1. The molecule has 0 unspecified atom stereocenters. The van der Waals surface area contributed by atoms with Crippen molar-refractivity contribution in [1.29, 1.82) is 0 Å².